The molecule has 3 rings (SSSR count). The van der Waals surface area contributed by atoms with Crippen LogP contribution in [0, 0.1) is 0 Å². The molecule has 1 aliphatic rings. The van der Waals surface area contributed by atoms with Crippen LogP contribution in [0.2, 0.25) is 0 Å². The first-order chi connectivity index (χ1) is 8.40. The van der Waals surface area contributed by atoms with Crippen molar-refractivity contribution >= 4 is 23.3 Å². The number of rotatable bonds is 2. The van der Waals surface area contributed by atoms with E-state index in [0.717, 1.165) is 16.5 Å². The molecule has 0 fully saturated rings. The molecule has 1 aromatic heterocycles. The lowest BCUT2D eigenvalue weighted by Crippen LogP contribution is -2.24. The number of anilines is 2. The summed E-state index contributed by atoms with van der Waals surface area (Å²) in [6.07, 6.45) is 3.42. The maximum absolute atomic E-state index is 5.24. The number of hydrogen-bond acceptors (Lipinski definition) is 5. The molecule has 17 heavy (non-hydrogen) atoms. The van der Waals surface area contributed by atoms with E-state index in [9.17, 15) is 0 Å². The van der Waals surface area contributed by atoms with E-state index in [-0.39, 0.29) is 0 Å². The van der Waals surface area contributed by atoms with E-state index in [1.165, 1.54) is 4.90 Å². The van der Waals surface area contributed by atoms with Crippen molar-refractivity contribution in [2.24, 2.45) is 0 Å². The highest BCUT2D eigenvalue weighted by atomic mass is 32.2. The molecule has 2 heterocycles. The van der Waals surface area contributed by atoms with Gasteiger partial charge in [0.1, 0.15) is 11.8 Å². The average Bonchev–Trinajstić information content (AvgIpc) is 2.39. The van der Waals surface area contributed by atoms with Crippen LogP contribution >= 0.6 is 11.8 Å². The first-order valence-corrected chi connectivity index (χ1v) is 6.06. The maximum atomic E-state index is 5.24. The first kappa shape index (κ1) is 10.6. The number of benzene rings is 1. The van der Waals surface area contributed by atoms with Gasteiger partial charge < -0.3 is 4.74 Å². The molecule has 1 aliphatic heterocycles. The molecule has 0 saturated heterocycles. The third-order valence-electron chi connectivity index (χ3n) is 2.52. The van der Waals surface area contributed by atoms with E-state index in [4.69, 9.17) is 4.74 Å². The van der Waals surface area contributed by atoms with Crippen LogP contribution in [0.3, 0.4) is 0 Å². The predicted octanol–water partition coefficient (Wildman–Crippen LogP) is 2.68. The molecule has 2 aromatic rings. The zero-order chi connectivity index (χ0) is 11.7. The highest BCUT2D eigenvalue weighted by Gasteiger charge is 2.24. The molecular formula is C12H11N3OS. The highest BCUT2D eigenvalue weighted by molar-refractivity contribution is 7.99. The van der Waals surface area contributed by atoms with E-state index >= 15 is 0 Å². The molecule has 0 bridgehead atoms. The van der Waals surface area contributed by atoms with Crippen LogP contribution in [-0.2, 0) is 4.74 Å². The lowest BCUT2D eigenvalue weighted by Gasteiger charge is -2.29. The van der Waals surface area contributed by atoms with Crippen molar-refractivity contribution in [3.05, 3.63) is 36.7 Å². The smallest absolute Gasteiger partial charge is 0.168 e. The second-order valence-corrected chi connectivity index (χ2v) is 4.63. The molecule has 86 valence electrons. The lowest BCUT2D eigenvalue weighted by atomic mass is 10.3. The van der Waals surface area contributed by atoms with Crippen LogP contribution in [0.5, 0.6) is 0 Å². The quantitative estimate of drug-likeness (QED) is 0.813. The number of aromatic nitrogens is 2. The minimum absolute atomic E-state index is 0.475. The second kappa shape index (κ2) is 4.35. The fourth-order valence-corrected chi connectivity index (χ4v) is 2.83. The van der Waals surface area contributed by atoms with Gasteiger partial charge in [0.05, 0.1) is 5.69 Å². The van der Waals surface area contributed by atoms with Crippen molar-refractivity contribution in [3.63, 3.8) is 0 Å². The van der Waals surface area contributed by atoms with Gasteiger partial charge in [-0.2, -0.15) is 0 Å². The highest BCUT2D eigenvalue weighted by Crippen LogP contribution is 2.45. The Morgan fingerprint density at radius 3 is 2.94 bits per heavy atom. The van der Waals surface area contributed by atoms with E-state index in [0.29, 0.717) is 6.73 Å². The Balaban J connectivity index is 2.13. The van der Waals surface area contributed by atoms with Gasteiger partial charge in [-0.25, -0.2) is 9.97 Å². The summed E-state index contributed by atoms with van der Waals surface area (Å²) in [7, 11) is 1.68. The van der Waals surface area contributed by atoms with Crippen molar-refractivity contribution in [2.45, 2.75) is 9.92 Å². The molecule has 1 aromatic carbocycles. The van der Waals surface area contributed by atoms with Crippen LogP contribution in [0.15, 0.2) is 46.6 Å². The van der Waals surface area contributed by atoms with Gasteiger partial charge in [-0.1, -0.05) is 23.9 Å². The van der Waals surface area contributed by atoms with Gasteiger partial charge in [0.15, 0.2) is 5.82 Å². The number of hydrogen-bond donors (Lipinski definition) is 0. The standard InChI is InChI=1S/C12H11N3OS/c1-16-8-15-9-4-2-3-5-10(9)17-12-11(15)13-6-7-14-12/h2-7H,8H2,1H3. The van der Waals surface area contributed by atoms with E-state index in [1.54, 1.807) is 31.3 Å². The summed E-state index contributed by atoms with van der Waals surface area (Å²) in [4.78, 5) is 11.9. The van der Waals surface area contributed by atoms with Gasteiger partial charge >= 0.3 is 0 Å². The number of para-hydroxylation sites is 1. The number of methoxy groups -OCH3 is 1. The minimum atomic E-state index is 0.475. The number of ether oxygens (including phenoxy) is 1. The summed E-state index contributed by atoms with van der Waals surface area (Å²) in [6.45, 7) is 0.475. The summed E-state index contributed by atoms with van der Waals surface area (Å²) < 4.78 is 5.24. The topological polar surface area (TPSA) is 38.2 Å². The summed E-state index contributed by atoms with van der Waals surface area (Å²) >= 11 is 1.64. The summed E-state index contributed by atoms with van der Waals surface area (Å²) in [5.41, 5.74) is 1.12. The zero-order valence-electron chi connectivity index (χ0n) is 9.33. The molecule has 0 aliphatic carbocycles. The molecule has 0 radical (unpaired) electrons. The predicted molar refractivity (Wildman–Crippen MR) is 66.6 cm³/mol. The average molecular weight is 245 g/mol. The van der Waals surface area contributed by atoms with Gasteiger partial charge in [0, 0.05) is 24.4 Å². The Hall–Kier alpha value is -1.59. The lowest BCUT2D eigenvalue weighted by molar-refractivity contribution is 0.205. The van der Waals surface area contributed by atoms with Gasteiger partial charge in [-0.15, -0.1) is 0 Å². The Bertz CT molecular complexity index is 501. The number of nitrogens with zero attached hydrogens (tertiary/aromatic N) is 3. The Labute approximate surface area is 104 Å². The van der Waals surface area contributed by atoms with Crippen molar-refractivity contribution in [1.82, 2.24) is 9.97 Å². The van der Waals surface area contributed by atoms with Crippen molar-refractivity contribution in [2.75, 3.05) is 18.7 Å². The molecule has 0 saturated carbocycles. The Morgan fingerprint density at radius 2 is 2.06 bits per heavy atom. The van der Waals surface area contributed by atoms with Gasteiger partial charge in [-0.3, -0.25) is 4.90 Å². The molecule has 0 N–H and O–H groups in total. The van der Waals surface area contributed by atoms with Gasteiger partial charge in [0.25, 0.3) is 0 Å². The van der Waals surface area contributed by atoms with Crippen molar-refractivity contribution in [1.29, 1.82) is 0 Å². The molecule has 0 spiro atoms. The van der Waals surface area contributed by atoms with Crippen molar-refractivity contribution < 1.29 is 4.74 Å². The van der Waals surface area contributed by atoms with Gasteiger partial charge in [0.2, 0.25) is 0 Å². The monoisotopic (exact) mass is 245 g/mol. The normalized spacial score (nSPS) is 13.1. The molecule has 0 atom stereocenters. The second-order valence-electron chi connectivity index (χ2n) is 3.60. The van der Waals surface area contributed by atoms with Gasteiger partial charge in [-0.05, 0) is 12.1 Å². The van der Waals surface area contributed by atoms with Crippen LogP contribution in [-0.4, -0.2) is 23.8 Å². The van der Waals surface area contributed by atoms with Crippen LogP contribution < -0.4 is 4.90 Å². The fraction of sp³-hybridized carbons (Fsp3) is 0.167. The zero-order valence-corrected chi connectivity index (χ0v) is 10.1. The van der Waals surface area contributed by atoms with Crippen LogP contribution in [0.1, 0.15) is 0 Å². The van der Waals surface area contributed by atoms with E-state index < -0.39 is 0 Å². The molecule has 0 amide bonds. The largest absolute Gasteiger partial charge is 0.364 e. The van der Waals surface area contributed by atoms with Crippen LogP contribution in [0.4, 0.5) is 11.5 Å². The first-order valence-electron chi connectivity index (χ1n) is 5.24. The Morgan fingerprint density at radius 1 is 1.24 bits per heavy atom. The third-order valence-corrected chi connectivity index (χ3v) is 3.57. The summed E-state index contributed by atoms with van der Waals surface area (Å²) in [5.74, 6) is 0.859. The molecule has 4 nitrogen and oxygen atoms in total. The van der Waals surface area contributed by atoms with E-state index in [1.807, 2.05) is 17.0 Å². The summed E-state index contributed by atoms with van der Waals surface area (Å²) in [5, 5.41) is 0.920. The molecular weight excluding hydrogens is 234 g/mol. The third kappa shape index (κ3) is 1.77. The molecule has 5 heteroatoms. The van der Waals surface area contributed by atoms with Crippen molar-refractivity contribution in [3.8, 4) is 0 Å². The minimum Gasteiger partial charge on any atom is -0.364 e. The maximum Gasteiger partial charge on any atom is 0.168 e. The Kier molecular flexibility index (Phi) is 2.70. The van der Waals surface area contributed by atoms with E-state index in [2.05, 4.69) is 22.1 Å². The fourth-order valence-electron chi connectivity index (χ4n) is 1.82. The number of fused-ring (bicyclic) bond motifs is 2. The summed E-state index contributed by atoms with van der Waals surface area (Å²) in [6, 6.07) is 8.20. The van der Waals surface area contributed by atoms with Crippen LogP contribution in [0.25, 0.3) is 0 Å². The SMILES string of the molecule is COCN1c2ccccc2Sc2nccnc21. The molecule has 0 unspecified atom stereocenters.